The van der Waals surface area contributed by atoms with Crippen LogP contribution in [0.2, 0.25) is 0 Å². The van der Waals surface area contributed by atoms with E-state index in [0.717, 1.165) is 32.2 Å². The summed E-state index contributed by atoms with van der Waals surface area (Å²) < 4.78 is 43.7. The van der Waals surface area contributed by atoms with Gasteiger partial charge in [-0.2, -0.15) is 0 Å². The van der Waals surface area contributed by atoms with Crippen molar-refractivity contribution in [2.75, 3.05) is 13.2 Å². The van der Waals surface area contributed by atoms with Gasteiger partial charge in [-0.25, -0.2) is 0 Å². The van der Waals surface area contributed by atoms with Crippen LogP contribution in [0.15, 0.2) is 11.6 Å². The third-order valence-electron chi connectivity index (χ3n) is 17.9. The molecule has 348 valence electrons. The first-order chi connectivity index (χ1) is 28.9. The zero-order valence-electron chi connectivity index (χ0n) is 36.6. The van der Waals surface area contributed by atoms with Crippen LogP contribution in [0.3, 0.4) is 0 Å². The van der Waals surface area contributed by atoms with E-state index in [0.29, 0.717) is 54.5 Å². The fourth-order valence-electron chi connectivity index (χ4n) is 14.2. The van der Waals surface area contributed by atoms with Crippen molar-refractivity contribution in [3.8, 4) is 0 Å². The predicted octanol–water partition coefficient (Wildman–Crippen LogP) is 0.815. The van der Waals surface area contributed by atoms with Crippen LogP contribution in [0, 0.1) is 46.3 Å². The highest BCUT2D eigenvalue weighted by atomic mass is 16.8. The first-order valence-electron chi connectivity index (χ1n) is 23.3. The molecule has 5 saturated heterocycles. The molecular formula is C45H73NO15. The van der Waals surface area contributed by atoms with Gasteiger partial charge in [0.1, 0.15) is 66.8 Å². The molecule has 8 fully saturated rings. The van der Waals surface area contributed by atoms with Crippen molar-refractivity contribution < 1.29 is 74.0 Å². The van der Waals surface area contributed by atoms with Gasteiger partial charge >= 0.3 is 0 Å². The van der Waals surface area contributed by atoms with E-state index in [2.05, 4.69) is 39.1 Å². The van der Waals surface area contributed by atoms with E-state index >= 15 is 0 Å². The molecule has 9 N–H and O–H groups in total. The zero-order valence-corrected chi connectivity index (χ0v) is 36.6. The molecule has 26 atom stereocenters. The number of aliphatic hydroxyl groups excluding tert-OH is 8. The Balaban J connectivity index is 0.916. The van der Waals surface area contributed by atoms with E-state index in [9.17, 15) is 40.9 Å². The van der Waals surface area contributed by atoms with Gasteiger partial charge in [0.2, 0.25) is 0 Å². The van der Waals surface area contributed by atoms with Gasteiger partial charge in [0.25, 0.3) is 0 Å². The Morgan fingerprint density at radius 1 is 0.705 bits per heavy atom. The topological polar surface area (TPSA) is 238 Å². The second kappa shape index (κ2) is 16.8. The van der Waals surface area contributed by atoms with Crippen LogP contribution in [0.1, 0.15) is 99.3 Å². The average molecular weight is 868 g/mol. The van der Waals surface area contributed by atoms with Crippen LogP contribution in [-0.2, 0) is 33.2 Å². The smallest absolute Gasteiger partial charge is 0.187 e. The molecule has 5 heterocycles. The lowest BCUT2D eigenvalue weighted by molar-refractivity contribution is -0.388. The van der Waals surface area contributed by atoms with Crippen LogP contribution in [-0.4, -0.2) is 164 Å². The number of piperidine rings is 1. The van der Waals surface area contributed by atoms with E-state index in [-0.39, 0.29) is 22.7 Å². The third-order valence-corrected chi connectivity index (χ3v) is 17.9. The van der Waals surface area contributed by atoms with Crippen LogP contribution in [0.25, 0.3) is 0 Å². The molecule has 0 aromatic rings. The molecule has 0 amide bonds. The minimum atomic E-state index is -1.70. The molecule has 1 spiro atoms. The molecular weight excluding hydrogens is 794 g/mol. The Bertz CT molecular complexity index is 1600. The summed E-state index contributed by atoms with van der Waals surface area (Å²) in [5, 5.41) is 89.8. The molecule has 4 aliphatic carbocycles. The Kier molecular flexibility index (Phi) is 12.4. The normalized spacial score (nSPS) is 58.4. The Hall–Kier alpha value is -0.900. The maximum absolute atomic E-state index is 12.0. The summed E-state index contributed by atoms with van der Waals surface area (Å²) in [6.07, 6.45) is -9.93. The quantitative estimate of drug-likeness (QED) is 0.161. The second-order valence-corrected chi connectivity index (χ2v) is 21.2. The molecule has 16 nitrogen and oxygen atoms in total. The molecule has 9 rings (SSSR count). The summed E-state index contributed by atoms with van der Waals surface area (Å²) >= 11 is 0. The molecule has 8 unspecified atom stereocenters. The molecule has 9 aliphatic rings. The van der Waals surface area contributed by atoms with Crippen LogP contribution >= 0.6 is 0 Å². The molecule has 16 heteroatoms. The van der Waals surface area contributed by atoms with Gasteiger partial charge < -0.3 is 74.0 Å². The van der Waals surface area contributed by atoms with Crippen LogP contribution in [0.5, 0.6) is 0 Å². The number of fused-ring (bicyclic) bond motifs is 7. The lowest BCUT2D eigenvalue weighted by atomic mass is 9.47. The van der Waals surface area contributed by atoms with Crippen LogP contribution < -0.4 is 5.32 Å². The number of nitrogens with one attached hydrogen (secondary N) is 1. The summed E-state index contributed by atoms with van der Waals surface area (Å²) in [6.45, 7) is 13.2. The fourth-order valence-corrected chi connectivity index (χ4v) is 14.2. The minimum absolute atomic E-state index is 0.00472. The number of rotatable bonds is 7. The molecule has 0 radical (unpaired) electrons. The Morgan fingerprint density at radius 3 is 1.98 bits per heavy atom. The van der Waals surface area contributed by atoms with Crippen molar-refractivity contribution in [1.29, 1.82) is 0 Å². The van der Waals surface area contributed by atoms with Crippen LogP contribution in [0.4, 0.5) is 0 Å². The van der Waals surface area contributed by atoms with E-state index < -0.39 is 98.7 Å². The molecule has 0 aromatic heterocycles. The lowest BCUT2D eigenvalue weighted by Crippen LogP contribution is -2.66. The number of aliphatic hydroxyl groups is 8. The number of ether oxygens (including phenoxy) is 7. The second-order valence-electron chi connectivity index (χ2n) is 21.2. The number of hydrogen-bond donors (Lipinski definition) is 9. The van der Waals surface area contributed by atoms with E-state index in [1.807, 2.05) is 0 Å². The van der Waals surface area contributed by atoms with Crippen molar-refractivity contribution in [3.63, 3.8) is 0 Å². The zero-order chi connectivity index (χ0) is 43.5. The molecule has 0 bridgehead atoms. The maximum atomic E-state index is 12.0. The summed E-state index contributed by atoms with van der Waals surface area (Å²) in [6, 6.07) is 0. The van der Waals surface area contributed by atoms with Gasteiger partial charge in [0, 0.05) is 12.5 Å². The first kappa shape index (κ1) is 45.3. The first-order valence-corrected chi connectivity index (χ1v) is 23.3. The monoisotopic (exact) mass is 867 g/mol. The summed E-state index contributed by atoms with van der Waals surface area (Å²) in [5.41, 5.74) is 1.41. The standard InChI is InChI=1S/C45H73NO15/c1-19-9-14-45(46-17-19)20(2)30-28(61-45)16-27-25-8-7-23-15-24(10-12-43(23,5)26(25)11-13-44(27,30)6)57-42-39(60-41-36(53)34(51)32(49)22(4)56-41)37(54)38(29(18-47)58-42)59-40-35(52)33(50)31(48)21(3)55-40/h7,19-22,24-42,46-54H,8-18H2,1-6H3/t19?,20?,21-,22-,24+,25?,26?,27?,28?,29-,30?,31+,32+,33-,34-,35-,36-,37-,38-,39-,40+,41+,42-,43+,44+,45?/m1/s1. The fraction of sp³-hybridized carbons (Fsp3) is 0.956. The van der Waals surface area contributed by atoms with E-state index in [1.165, 1.54) is 38.7 Å². The molecule has 3 saturated carbocycles. The number of hydrogen-bond acceptors (Lipinski definition) is 16. The predicted molar refractivity (Wildman–Crippen MR) is 215 cm³/mol. The molecule has 0 aromatic carbocycles. The third kappa shape index (κ3) is 7.42. The highest BCUT2D eigenvalue weighted by Crippen LogP contribution is 2.70. The van der Waals surface area contributed by atoms with E-state index in [1.54, 1.807) is 0 Å². The Morgan fingerprint density at radius 2 is 1.36 bits per heavy atom. The van der Waals surface area contributed by atoms with Crippen molar-refractivity contribution in [2.24, 2.45) is 46.3 Å². The average Bonchev–Trinajstić information content (AvgIpc) is 3.69. The lowest BCUT2D eigenvalue weighted by Gasteiger charge is -2.59. The van der Waals surface area contributed by atoms with Gasteiger partial charge in [-0.05, 0) is 112 Å². The summed E-state index contributed by atoms with van der Waals surface area (Å²) in [7, 11) is 0. The molecule has 61 heavy (non-hydrogen) atoms. The highest BCUT2D eigenvalue weighted by Gasteiger charge is 2.68. The summed E-state index contributed by atoms with van der Waals surface area (Å²) in [5.74, 6) is 3.43. The van der Waals surface area contributed by atoms with Crippen molar-refractivity contribution >= 4 is 0 Å². The van der Waals surface area contributed by atoms with Crippen molar-refractivity contribution in [2.45, 2.75) is 209 Å². The van der Waals surface area contributed by atoms with Gasteiger partial charge in [-0.1, -0.05) is 39.3 Å². The van der Waals surface area contributed by atoms with Crippen molar-refractivity contribution in [3.05, 3.63) is 11.6 Å². The SMILES string of the molecule is CC1CCC2(NC1)OC1CC3C4CC=C5C[C@@H](O[C@@H]6O[C@H](CO)[C@@H](O[C@@H]7O[C@H](C)[C@H](O)[C@@H](O)[C@H]7O)[C@@H](O)[C@H]6O[C@@H]6O[C@H](C)[C@H](O)[C@@H](O)[C@H]6O)CC[C@]5(C)C4CC[C@]3(C)C1C2C. The minimum Gasteiger partial charge on any atom is -0.394 e. The summed E-state index contributed by atoms with van der Waals surface area (Å²) in [4.78, 5) is 0. The van der Waals surface area contributed by atoms with Gasteiger partial charge in [-0.3, -0.25) is 5.32 Å². The maximum Gasteiger partial charge on any atom is 0.187 e. The largest absolute Gasteiger partial charge is 0.394 e. The highest BCUT2D eigenvalue weighted by molar-refractivity contribution is 5.26. The molecule has 5 aliphatic heterocycles. The number of allylic oxidation sites excluding steroid dienone is 1. The van der Waals surface area contributed by atoms with Gasteiger partial charge in [0.15, 0.2) is 18.9 Å². The van der Waals surface area contributed by atoms with Crippen molar-refractivity contribution in [1.82, 2.24) is 5.32 Å². The van der Waals surface area contributed by atoms with Gasteiger partial charge in [-0.15, -0.1) is 0 Å². The van der Waals surface area contributed by atoms with Gasteiger partial charge in [0.05, 0.1) is 31.0 Å². The Labute approximate surface area is 359 Å². The van der Waals surface area contributed by atoms with E-state index in [4.69, 9.17) is 33.2 Å².